The quantitative estimate of drug-likeness (QED) is 0.567. The average molecular weight is 441 g/mol. The van der Waals surface area contributed by atoms with Crippen molar-refractivity contribution in [3.8, 4) is 5.75 Å². The maximum atomic E-state index is 13.1. The molecule has 32 heavy (non-hydrogen) atoms. The van der Waals surface area contributed by atoms with Crippen molar-refractivity contribution in [2.24, 2.45) is 7.05 Å². The van der Waals surface area contributed by atoms with Crippen molar-refractivity contribution in [2.45, 2.75) is 45.3 Å². The Morgan fingerprint density at radius 3 is 2.59 bits per heavy atom. The highest BCUT2D eigenvalue weighted by Gasteiger charge is 2.39. The van der Waals surface area contributed by atoms with Crippen LogP contribution in [-0.2, 0) is 32.1 Å². The van der Waals surface area contributed by atoms with Gasteiger partial charge in [-0.25, -0.2) is 9.37 Å². The zero-order chi connectivity index (χ0) is 23.0. The van der Waals surface area contributed by atoms with E-state index in [4.69, 9.17) is 0 Å². The molecule has 0 spiro atoms. The minimum atomic E-state index is -0.726. The van der Waals surface area contributed by atoms with Crippen molar-refractivity contribution in [3.63, 3.8) is 0 Å². The summed E-state index contributed by atoms with van der Waals surface area (Å²) < 4.78 is 14.5. The van der Waals surface area contributed by atoms with Gasteiger partial charge in [0.1, 0.15) is 11.6 Å². The van der Waals surface area contributed by atoms with E-state index in [0.29, 0.717) is 37.7 Å². The predicted octanol–water partition coefficient (Wildman–Crippen LogP) is 1.18. The maximum absolute atomic E-state index is 13.1. The fraction of sp³-hybridized carbons (Fsp3) is 0.429. The molecule has 1 aliphatic heterocycles. The molecule has 11 heteroatoms. The summed E-state index contributed by atoms with van der Waals surface area (Å²) >= 11 is 0. The van der Waals surface area contributed by atoms with Crippen LogP contribution in [0.15, 0.2) is 29.1 Å². The molecule has 1 aromatic carbocycles. The molecule has 0 saturated carbocycles. The largest absolute Gasteiger partial charge is 0.501 e. The number of tetrazole rings is 1. The molecule has 0 fully saturated rings. The molecule has 0 saturated heterocycles. The van der Waals surface area contributed by atoms with Crippen LogP contribution >= 0.6 is 0 Å². The molecule has 0 amide bonds. The van der Waals surface area contributed by atoms with E-state index in [-0.39, 0.29) is 17.9 Å². The number of carbonyl (C=O) groups excluding carboxylic acids is 1. The maximum Gasteiger partial charge on any atom is 0.296 e. The molecule has 0 atom stereocenters. The average Bonchev–Trinajstić information content (AvgIpc) is 3.16. The Labute approximate surface area is 183 Å². The first-order valence-corrected chi connectivity index (χ1v) is 10.3. The lowest BCUT2D eigenvalue weighted by Gasteiger charge is -2.42. The number of hydrogen-bond donors (Lipinski definition) is 1. The molecule has 3 heterocycles. The third-order valence-electron chi connectivity index (χ3n) is 5.78. The lowest BCUT2D eigenvalue weighted by molar-refractivity contribution is 0.0624. The smallest absolute Gasteiger partial charge is 0.296 e. The SMILES string of the molecule is Cn1nnc(CN2CCn3c(nc(C(=O)CCc4ccc(F)cc4)c(O)c3=O)C2(C)C)n1. The van der Waals surface area contributed by atoms with Crippen molar-refractivity contribution >= 4 is 5.78 Å². The summed E-state index contributed by atoms with van der Waals surface area (Å²) in [5.74, 6) is -0.523. The summed E-state index contributed by atoms with van der Waals surface area (Å²) in [6.07, 6.45) is 0.370. The lowest BCUT2D eigenvalue weighted by atomic mass is 9.97. The number of fused-ring (bicyclic) bond motifs is 1. The van der Waals surface area contributed by atoms with Gasteiger partial charge >= 0.3 is 0 Å². The van der Waals surface area contributed by atoms with Crippen LogP contribution in [0.4, 0.5) is 4.39 Å². The van der Waals surface area contributed by atoms with E-state index in [2.05, 4.69) is 25.3 Å². The number of ketones is 1. The third kappa shape index (κ3) is 4.03. The Balaban J connectivity index is 1.61. The van der Waals surface area contributed by atoms with Gasteiger partial charge < -0.3 is 5.11 Å². The van der Waals surface area contributed by atoms with Crippen molar-refractivity contribution < 1.29 is 14.3 Å². The molecule has 2 aromatic heterocycles. The van der Waals surface area contributed by atoms with Crippen LogP contribution in [0.3, 0.4) is 0 Å². The Hall–Kier alpha value is -3.47. The van der Waals surface area contributed by atoms with E-state index < -0.39 is 22.6 Å². The van der Waals surface area contributed by atoms with Crippen molar-refractivity contribution in [3.05, 3.63) is 63.3 Å². The summed E-state index contributed by atoms with van der Waals surface area (Å²) in [6, 6.07) is 5.84. The molecule has 168 valence electrons. The molecule has 0 aliphatic carbocycles. The van der Waals surface area contributed by atoms with Crippen LogP contribution in [0.5, 0.6) is 5.75 Å². The van der Waals surface area contributed by atoms with Crippen molar-refractivity contribution in [1.29, 1.82) is 0 Å². The Bertz CT molecular complexity index is 1220. The highest BCUT2D eigenvalue weighted by molar-refractivity contribution is 5.96. The molecular weight excluding hydrogens is 417 g/mol. The van der Waals surface area contributed by atoms with Gasteiger partial charge in [-0.15, -0.1) is 10.2 Å². The molecule has 0 unspecified atom stereocenters. The van der Waals surface area contributed by atoms with Gasteiger partial charge in [0.05, 0.1) is 19.1 Å². The molecular formula is C21H24FN7O3. The third-order valence-corrected chi connectivity index (χ3v) is 5.78. The van der Waals surface area contributed by atoms with Crippen LogP contribution in [-0.4, -0.2) is 52.1 Å². The predicted molar refractivity (Wildman–Crippen MR) is 111 cm³/mol. The number of benzene rings is 1. The number of nitrogens with zero attached hydrogens (tertiary/aromatic N) is 7. The highest BCUT2D eigenvalue weighted by atomic mass is 19.1. The number of hydrogen-bond acceptors (Lipinski definition) is 8. The number of aryl methyl sites for hydroxylation is 2. The minimum absolute atomic E-state index is 0.0305. The van der Waals surface area contributed by atoms with Gasteiger partial charge in [0.25, 0.3) is 5.56 Å². The van der Waals surface area contributed by atoms with Gasteiger partial charge in [0.2, 0.25) is 5.75 Å². The zero-order valence-electron chi connectivity index (χ0n) is 18.1. The molecule has 10 nitrogen and oxygen atoms in total. The number of carbonyl (C=O) groups is 1. The summed E-state index contributed by atoms with van der Waals surface area (Å²) in [5, 5.41) is 22.5. The summed E-state index contributed by atoms with van der Waals surface area (Å²) in [7, 11) is 1.68. The van der Waals surface area contributed by atoms with Crippen LogP contribution in [0.1, 0.15) is 48.0 Å². The van der Waals surface area contributed by atoms with Crippen LogP contribution in [0.2, 0.25) is 0 Å². The fourth-order valence-electron chi connectivity index (χ4n) is 3.92. The molecule has 3 aromatic rings. The summed E-state index contributed by atoms with van der Waals surface area (Å²) in [6.45, 7) is 5.00. The van der Waals surface area contributed by atoms with Gasteiger partial charge in [0.15, 0.2) is 17.3 Å². The van der Waals surface area contributed by atoms with Crippen LogP contribution in [0.25, 0.3) is 0 Å². The summed E-state index contributed by atoms with van der Waals surface area (Å²) in [5.41, 5.74) is -0.825. The number of aromatic nitrogens is 6. The number of aromatic hydroxyl groups is 1. The van der Waals surface area contributed by atoms with Gasteiger partial charge in [-0.1, -0.05) is 12.1 Å². The van der Waals surface area contributed by atoms with Gasteiger partial charge in [-0.2, -0.15) is 4.80 Å². The topological polar surface area (TPSA) is 119 Å². The Kier molecular flexibility index (Phi) is 5.59. The van der Waals surface area contributed by atoms with Crippen LogP contribution < -0.4 is 5.56 Å². The minimum Gasteiger partial charge on any atom is -0.501 e. The second-order valence-corrected chi connectivity index (χ2v) is 8.31. The fourth-order valence-corrected chi connectivity index (χ4v) is 3.92. The normalized spacial score (nSPS) is 15.5. The Morgan fingerprint density at radius 1 is 1.22 bits per heavy atom. The molecule has 0 bridgehead atoms. The van der Waals surface area contributed by atoms with E-state index >= 15 is 0 Å². The van der Waals surface area contributed by atoms with Crippen molar-refractivity contribution in [2.75, 3.05) is 6.54 Å². The van der Waals surface area contributed by atoms with E-state index in [1.807, 2.05) is 13.8 Å². The second kappa shape index (κ2) is 8.23. The number of Topliss-reactive ketones (excluding diaryl/α,β-unsaturated/α-hetero) is 1. The zero-order valence-corrected chi connectivity index (χ0v) is 18.1. The first-order chi connectivity index (χ1) is 15.2. The second-order valence-electron chi connectivity index (χ2n) is 8.31. The lowest BCUT2D eigenvalue weighted by Crippen LogP contribution is -2.52. The molecule has 1 N–H and O–H groups in total. The highest BCUT2D eigenvalue weighted by Crippen LogP contribution is 2.31. The van der Waals surface area contributed by atoms with Gasteiger partial charge in [-0.3, -0.25) is 19.1 Å². The van der Waals surface area contributed by atoms with E-state index in [1.165, 1.54) is 21.5 Å². The summed E-state index contributed by atoms with van der Waals surface area (Å²) in [4.78, 5) is 33.5. The number of halogens is 1. The van der Waals surface area contributed by atoms with Gasteiger partial charge in [-0.05, 0) is 43.2 Å². The standard InChI is InChI=1S/C21H24FN7O3/c1-21(2)20-23-17(15(30)9-6-13-4-7-14(22)8-5-13)18(31)19(32)29(20)11-10-28(21)12-16-24-26-27(3)25-16/h4-5,7-8,31H,6,9-12H2,1-3H3. The van der Waals surface area contributed by atoms with E-state index in [1.54, 1.807) is 19.2 Å². The molecule has 1 aliphatic rings. The van der Waals surface area contributed by atoms with Crippen LogP contribution in [0, 0.1) is 5.82 Å². The first kappa shape index (κ1) is 21.8. The van der Waals surface area contributed by atoms with E-state index in [0.717, 1.165) is 5.56 Å². The molecule has 0 radical (unpaired) electrons. The van der Waals surface area contributed by atoms with Crippen molar-refractivity contribution in [1.82, 2.24) is 34.7 Å². The van der Waals surface area contributed by atoms with E-state index in [9.17, 15) is 19.1 Å². The Morgan fingerprint density at radius 2 is 1.94 bits per heavy atom. The number of rotatable bonds is 6. The first-order valence-electron chi connectivity index (χ1n) is 10.3. The molecule has 4 rings (SSSR count). The monoisotopic (exact) mass is 441 g/mol. The van der Waals surface area contributed by atoms with Gasteiger partial charge in [0, 0.05) is 19.5 Å².